The number of hydrogen-bond acceptors (Lipinski definition) is 3. The number of rotatable bonds is 6. The summed E-state index contributed by atoms with van der Waals surface area (Å²) in [5.41, 5.74) is 0.172. The molecule has 1 unspecified atom stereocenters. The molecular weight excluding hydrogens is 254 g/mol. The third-order valence-corrected chi connectivity index (χ3v) is 3.97. The predicted molar refractivity (Wildman–Crippen MR) is 76.1 cm³/mol. The average Bonchev–Trinajstić information content (AvgIpc) is 2.68. The van der Waals surface area contributed by atoms with Crippen molar-refractivity contribution in [2.45, 2.75) is 38.0 Å². The van der Waals surface area contributed by atoms with E-state index in [1.54, 1.807) is 0 Å². The molecule has 1 aromatic carbocycles. The van der Waals surface area contributed by atoms with Crippen LogP contribution in [0.3, 0.4) is 0 Å². The van der Waals surface area contributed by atoms with E-state index in [1.165, 1.54) is 4.90 Å². The summed E-state index contributed by atoms with van der Waals surface area (Å²) >= 11 is 0. The molecular formula is C16H21NO3. The smallest absolute Gasteiger partial charge is 0.240 e. The van der Waals surface area contributed by atoms with Crippen LogP contribution in [0.1, 0.15) is 38.2 Å². The van der Waals surface area contributed by atoms with Crippen LogP contribution in [0.15, 0.2) is 30.3 Å². The SMILES string of the molecule is CC1(c2ccccc2)CC(=O)N(CCCCCO)C1=O. The van der Waals surface area contributed by atoms with Gasteiger partial charge in [-0.25, -0.2) is 0 Å². The quantitative estimate of drug-likeness (QED) is 0.637. The van der Waals surface area contributed by atoms with Crippen molar-refractivity contribution < 1.29 is 14.7 Å². The Morgan fingerprint density at radius 3 is 2.50 bits per heavy atom. The molecule has 1 heterocycles. The largest absolute Gasteiger partial charge is 0.396 e. The monoisotopic (exact) mass is 275 g/mol. The molecule has 0 aromatic heterocycles. The summed E-state index contributed by atoms with van der Waals surface area (Å²) in [6.07, 6.45) is 2.54. The molecule has 1 N–H and O–H groups in total. The van der Waals surface area contributed by atoms with E-state index < -0.39 is 5.41 Å². The lowest BCUT2D eigenvalue weighted by Gasteiger charge is -2.22. The number of hydrogen-bond donors (Lipinski definition) is 1. The molecule has 2 rings (SSSR count). The van der Waals surface area contributed by atoms with E-state index in [-0.39, 0.29) is 24.8 Å². The van der Waals surface area contributed by atoms with Crippen LogP contribution in [0.4, 0.5) is 0 Å². The molecule has 0 radical (unpaired) electrons. The number of carbonyl (C=O) groups is 2. The van der Waals surface area contributed by atoms with Crippen molar-refractivity contribution in [1.82, 2.24) is 4.90 Å². The molecule has 0 bridgehead atoms. The molecule has 1 aliphatic heterocycles. The standard InChI is InChI=1S/C16H21NO3/c1-16(13-8-4-2-5-9-13)12-14(19)17(15(16)20)10-6-3-7-11-18/h2,4-5,8-9,18H,3,6-7,10-12H2,1H3. The van der Waals surface area contributed by atoms with Crippen molar-refractivity contribution in [3.8, 4) is 0 Å². The van der Waals surface area contributed by atoms with Crippen LogP contribution in [0.2, 0.25) is 0 Å². The average molecular weight is 275 g/mol. The molecule has 4 nitrogen and oxygen atoms in total. The van der Waals surface area contributed by atoms with Crippen molar-refractivity contribution >= 4 is 11.8 Å². The van der Waals surface area contributed by atoms with Gasteiger partial charge in [0.05, 0.1) is 5.41 Å². The molecule has 1 aliphatic rings. The van der Waals surface area contributed by atoms with Crippen LogP contribution in [0.5, 0.6) is 0 Å². The van der Waals surface area contributed by atoms with Crippen molar-refractivity contribution in [1.29, 1.82) is 0 Å². The van der Waals surface area contributed by atoms with Crippen molar-refractivity contribution in [2.24, 2.45) is 0 Å². The number of unbranched alkanes of at least 4 members (excludes halogenated alkanes) is 2. The minimum absolute atomic E-state index is 0.0923. The van der Waals surface area contributed by atoms with Crippen LogP contribution >= 0.6 is 0 Å². The second-order valence-electron chi connectivity index (χ2n) is 5.51. The van der Waals surface area contributed by atoms with Gasteiger partial charge in [0.1, 0.15) is 0 Å². The zero-order valence-electron chi connectivity index (χ0n) is 11.8. The van der Waals surface area contributed by atoms with E-state index >= 15 is 0 Å². The van der Waals surface area contributed by atoms with Gasteiger partial charge in [-0.05, 0) is 31.7 Å². The number of amides is 2. The maximum Gasteiger partial charge on any atom is 0.240 e. The first kappa shape index (κ1) is 14.7. The van der Waals surface area contributed by atoms with Gasteiger partial charge >= 0.3 is 0 Å². The Morgan fingerprint density at radius 1 is 1.15 bits per heavy atom. The zero-order valence-corrected chi connectivity index (χ0v) is 11.8. The highest BCUT2D eigenvalue weighted by atomic mass is 16.3. The predicted octanol–water partition coefficient (Wildman–Crippen LogP) is 1.87. The molecule has 4 heteroatoms. The summed E-state index contributed by atoms with van der Waals surface area (Å²) in [5.74, 6) is -0.192. The molecule has 108 valence electrons. The Labute approximate surface area is 119 Å². The van der Waals surface area contributed by atoms with E-state index in [2.05, 4.69) is 0 Å². The minimum atomic E-state index is -0.727. The summed E-state index contributed by atoms with van der Waals surface area (Å²) in [5, 5.41) is 8.75. The second kappa shape index (κ2) is 6.18. The molecule has 1 aromatic rings. The van der Waals surface area contributed by atoms with Gasteiger partial charge in [0.25, 0.3) is 0 Å². The second-order valence-corrected chi connectivity index (χ2v) is 5.51. The fourth-order valence-electron chi connectivity index (χ4n) is 2.70. The van der Waals surface area contributed by atoms with E-state index in [4.69, 9.17) is 5.11 Å². The van der Waals surface area contributed by atoms with Crippen molar-refractivity contribution in [3.05, 3.63) is 35.9 Å². The lowest BCUT2D eigenvalue weighted by molar-refractivity contribution is -0.139. The number of likely N-dealkylation sites (tertiary alicyclic amines) is 1. The maximum atomic E-state index is 12.6. The van der Waals surface area contributed by atoms with Gasteiger partial charge < -0.3 is 5.11 Å². The molecule has 0 spiro atoms. The molecule has 1 atom stereocenters. The first-order chi connectivity index (χ1) is 9.59. The zero-order chi connectivity index (χ0) is 14.6. The Balaban J connectivity index is 2.08. The first-order valence-electron chi connectivity index (χ1n) is 7.11. The van der Waals surface area contributed by atoms with Crippen molar-refractivity contribution in [3.63, 3.8) is 0 Å². The highest BCUT2D eigenvalue weighted by Gasteiger charge is 2.48. The molecule has 20 heavy (non-hydrogen) atoms. The lowest BCUT2D eigenvalue weighted by Crippen LogP contribution is -2.37. The highest BCUT2D eigenvalue weighted by molar-refractivity contribution is 6.08. The summed E-state index contributed by atoms with van der Waals surface area (Å²) < 4.78 is 0. The van der Waals surface area contributed by atoms with Gasteiger partial charge in [0.2, 0.25) is 11.8 Å². The van der Waals surface area contributed by atoms with Gasteiger partial charge in [0, 0.05) is 19.6 Å². The number of nitrogens with zero attached hydrogens (tertiary/aromatic N) is 1. The third kappa shape index (κ3) is 2.75. The lowest BCUT2D eigenvalue weighted by atomic mass is 9.81. The third-order valence-electron chi connectivity index (χ3n) is 3.97. The fourth-order valence-corrected chi connectivity index (χ4v) is 2.70. The van der Waals surface area contributed by atoms with Gasteiger partial charge in [-0.2, -0.15) is 0 Å². The molecule has 1 fully saturated rings. The van der Waals surface area contributed by atoms with Crippen LogP contribution in [0, 0.1) is 0 Å². The number of aliphatic hydroxyl groups excluding tert-OH is 1. The summed E-state index contributed by atoms with van der Waals surface area (Å²) in [7, 11) is 0. The van der Waals surface area contributed by atoms with Crippen LogP contribution < -0.4 is 0 Å². The fraction of sp³-hybridized carbons (Fsp3) is 0.500. The normalized spacial score (nSPS) is 22.6. The maximum absolute atomic E-state index is 12.6. The Morgan fingerprint density at radius 2 is 1.85 bits per heavy atom. The van der Waals surface area contributed by atoms with Crippen LogP contribution in [-0.2, 0) is 15.0 Å². The molecule has 0 aliphatic carbocycles. The Hall–Kier alpha value is -1.68. The van der Waals surface area contributed by atoms with Gasteiger partial charge in [-0.3, -0.25) is 14.5 Å². The molecule has 1 saturated heterocycles. The van der Waals surface area contributed by atoms with E-state index in [0.717, 1.165) is 18.4 Å². The van der Waals surface area contributed by atoms with Crippen LogP contribution in [0.25, 0.3) is 0 Å². The van der Waals surface area contributed by atoms with Gasteiger partial charge in [0.15, 0.2) is 0 Å². The molecule has 0 saturated carbocycles. The number of benzene rings is 1. The Kier molecular flexibility index (Phi) is 4.55. The molecule has 2 amide bonds. The number of aliphatic hydroxyl groups is 1. The van der Waals surface area contributed by atoms with E-state index in [9.17, 15) is 9.59 Å². The summed E-state index contributed by atoms with van der Waals surface area (Å²) in [6, 6.07) is 9.49. The minimum Gasteiger partial charge on any atom is -0.396 e. The van der Waals surface area contributed by atoms with Crippen LogP contribution in [-0.4, -0.2) is 35.0 Å². The van der Waals surface area contributed by atoms with E-state index in [0.29, 0.717) is 13.0 Å². The van der Waals surface area contributed by atoms with Crippen molar-refractivity contribution in [2.75, 3.05) is 13.2 Å². The topological polar surface area (TPSA) is 57.6 Å². The number of imide groups is 1. The summed E-state index contributed by atoms with van der Waals surface area (Å²) in [6.45, 7) is 2.46. The van der Waals surface area contributed by atoms with E-state index in [1.807, 2.05) is 37.3 Å². The van der Waals surface area contributed by atoms with Gasteiger partial charge in [-0.1, -0.05) is 30.3 Å². The number of carbonyl (C=O) groups excluding carboxylic acids is 2. The first-order valence-corrected chi connectivity index (χ1v) is 7.11. The van der Waals surface area contributed by atoms with Gasteiger partial charge in [-0.15, -0.1) is 0 Å². The summed E-state index contributed by atoms with van der Waals surface area (Å²) in [4.78, 5) is 26.0. The Bertz CT molecular complexity index is 486. The highest BCUT2D eigenvalue weighted by Crippen LogP contribution is 2.36.